The molecule has 0 bridgehead atoms. The molecule has 8 heteroatoms. The number of carbonyl (C=O) groups excluding carboxylic acids is 2. The first kappa shape index (κ1) is 36.1. The van der Waals surface area contributed by atoms with Crippen LogP contribution in [0.25, 0.3) is 11.1 Å². The lowest BCUT2D eigenvalue weighted by Gasteiger charge is -2.45. The maximum Gasteiger partial charge on any atom is 0.355 e. The second-order valence-corrected chi connectivity index (χ2v) is 13.9. The van der Waals surface area contributed by atoms with Crippen molar-refractivity contribution in [1.29, 1.82) is 0 Å². The maximum absolute atomic E-state index is 14.9. The highest BCUT2D eigenvalue weighted by Gasteiger charge is 2.50. The lowest BCUT2D eigenvalue weighted by molar-refractivity contribution is -0.181. The number of ether oxygens (including phenoxy) is 4. The van der Waals surface area contributed by atoms with Gasteiger partial charge in [0.2, 0.25) is 11.5 Å². The summed E-state index contributed by atoms with van der Waals surface area (Å²) in [7, 11) is 3.00. The van der Waals surface area contributed by atoms with Crippen molar-refractivity contribution in [3.63, 3.8) is 0 Å². The summed E-state index contributed by atoms with van der Waals surface area (Å²) in [6.45, 7) is 8.42. The molecule has 0 amide bonds. The highest BCUT2D eigenvalue weighted by molar-refractivity contribution is 6.29. The molecule has 4 aromatic rings. The monoisotopic (exact) mass is 683 g/mol. The van der Waals surface area contributed by atoms with E-state index in [1.807, 2.05) is 60.7 Å². The van der Waals surface area contributed by atoms with E-state index in [0.29, 0.717) is 29.0 Å². The van der Waals surface area contributed by atoms with Crippen molar-refractivity contribution in [3.8, 4) is 17.0 Å². The number of hydrogen-bond donors (Lipinski definition) is 0. The number of pyridine rings is 1. The smallest absolute Gasteiger partial charge is 0.355 e. The number of esters is 2. The average Bonchev–Trinajstić information content (AvgIpc) is 3.12. The van der Waals surface area contributed by atoms with Crippen molar-refractivity contribution >= 4 is 23.5 Å². The summed E-state index contributed by atoms with van der Waals surface area (Å²) in [6, 6.07) is 28.9. The van der Waals surface area contributed by atoms with Crippen molar-refractivity contribution in [3.05, 3.63) is 118 Å². The second-order valence-electron chi connectivity index (χ2n) is 13.5. The molecule has 1 aliphatic rings. The third kappa shape index (κ3) is 7.68. The molecule has 0 saturated heterocycles. The van der Waals surface area contributed by atoms with Crippen molar-refractivity contribution in [1.82, 2.24) is 4.98 Å². The predicted molar refractivity (Wildman–Crippen MR) is 192 cm³/mol. The molecule has 258 valence electrons. The highest BCUT2D eigenvalue weighted by Crippen LogP contribution is 2.46. The van der Waals surface area contributed by atoms with Crippen molar-refractivity contribution in [2.45, 2.75) is 77.1 Å². The summed E-state index contributed by atoms with van der Waals surface area (Å²) >= 11 is 6.54. The zero-order valence-corrected chi connectivity index (χ0v) is 30.0. The summed E-state index contributed by atoms with van der Waals surface area (Å²) < 4.78 is 24.1. The maximum atomic E-state index is 14.9. The van der Waals surface area contributed by atoms with Crippen LogP contribution in [-0.2, 0) is 36.6 Å². The number of benzene rings is 3. The first-order chi connectivity index (χ1) is 23.5. The minimum absolute atomic E-state index is 0.0276. The van der Waals surface area contributed by atoms with Crippen LogP contribution in [0.5, 0.6) is 5.88 Å². The Hall–Kier alpha value is -4.20. The molecule has 1 aromatic heterocycles. The van der Waals surface area contributed by atoms with Crippen LogP contribution in [0.3, 0.4) is 0 Å². The number of methoxy groups -OCH3 is 2. The molecule has 1 saturated carbocycles. The predicted octanol–water partition coefficient (Wildman–Crippen LogP) is 9.35. The number of rotatable bonds is 12. The minimum atomic E-state index is -1.88. The van der Waals surface area contributed by atoms with Gasteiger partial charge in [-0.1, -0.05) is 119 Å². The molecule has 1 fully saturated rings. The lowest BCUT2D eigenvalue weighted by Crippen LogP contribution is -2.48. The topological polar surface area (TPSA) is 84.0 Å². The number of halogens is 1. The van der Waals surface area contributed by atoms with Crippen LogP contribution >= 0.6 is 11.6 Å². The van der Waals surface area contributed by atoms with Crippen LogP contribution < -0.4 is 4.74 Å². The van der Waals surface area contributed by atoms with Crippen LogP contribution in [0.1, 0.15) is 80.4 Å². The molecule has 4 atom stereocenters. The summed E-state index contributed by atoms with van der Waals surface area (Å²) in [5.41, 5.74) is 2.02. The van der Waals surface area contributed by atoms with E-state index in [1.54, 1.807) is 25.1 Å². The van der Waals surface area contributed by atoms with Gasteiger partial charge in [-0.15, -0.1) is 0 Å². The Balaban J connectivity index is 1.57. The van der Waals surface area contributed by atoms with E-state index in [0.717, 1.165) is 24.0 Å². The molecule has 0 spiro atoms. The fraction of sp³-hybridized carbons (Fsp3) is 0.390. The second kappa shape index (κ2) is 15.6. The normalized spacial score (nSPS) is 19.0. The Bertz CT molecular complexity index is 1730. The van der Waals surface area contributed by atoms with Crippen LogP contribution in [0.2, 0.25) is 5.15 Å². The molecule has 49 heavy (non-hydrogen) atoms. The van der Waals surface area contributed by atoms with Gasteiger partial charge in [-0.3, -0.25) is 0 Å². The van der Waals surface area contributed by atoms with Gasteiger partial charge in [0, 0.05) is 24.2 Å². The highest BCUT2D eigenvalue weighted by atomic mass is 35.5. The quantitative estimate of drug-likeness (QED) is 0.109. The molecule has 0 aliphatic heterocycles. The standard InChI is InChI=1S/C41H46ClNO6/c1-7-41(34-25-36(42)43-37(47-6)32(34)26-46-5,49-38(44)30-21-19-29(20-22-30)28-14-10-8-11-15-28)39(45)48-35-24-27(2)18-23-33(35)40(3,4)31-16-12-9-13-17-31/h8-17,19-22,25,27,33,35H,7,18,23-24,26H2,1-6H3/t27-,33-,35?,41-/m1/s1. The Morgan fingerprint density at radius 1 is 0.898 bits per heavy atom. The van der Waals surface area contributed by atoms with Gasteiger partial charge in [-0.05, 0) is 65.5 Å². The Morgan fingerprint density at radius 3 is 2.14 bits per heavy atom. The van der Waals surface area contributed by atoms with Crippen molar-refractivity contribution in [2.24, 2.45) is 11.8 Å². The van der Waals surface area contributed by atoms with E-state index in [-0.39, 0.29) is 35.4 Å². The van der Waals surface area contributed by atoms with Crippen LogP contribution in [-0.4, -0.2) is 37.2 Å². The largest absolute Gasteiger partial charge is 0.481 e. The number of aromatic nitrogens is 1. The summed E-state index contributed by atoms with van der Waals surface area (Å²) in [5, 5.41) is 0.0787. The van der Waals surface area contributed by atoms with Gasteiger partial charge < -0.3 is 18.9 Å². The molecule has 1 heterocycles. The molecule has 1 aliphatic carbocycles. The Labute approximate surface area is 294 Å². The molecule has 3 aromatic carbocycles. The zero-order chi connectivity index (χ0) is 35.2. The van der Waals surface area contributed by atoms with Gasteiger partial charge in [-0.2, -0.15) is 0 Å². The van der Waals surface area contributed by atoms with E-state index in [1.165, 1.54) is 19.8 Å². The summed E-state index contributed by atoms with van der Waals surface area (Å²) in [4.78, 5) is 33.3. The lowest BCUT2D eigenvalue weighted by atomic mass is 9.64. The number of hydrogen-bond acceptors (Lipinski definition) is 7. The summed E-state index contributed by atoms with van der Waals surface area (Å²) in [6.07, 6.45) is 2.24. The Morgan fingerprint density at radius 2 is 1.53 bits per heavy atom. The fourth-order valence-corrected chi connectivity index (χ4v) is 7.38. The first-order valence-electron chi connectivity index (χ1n) is 16.9. The molecule has 7 nitrogen and oxygen atoms in total. The van der Waals surface area contributed by atoms with E-state index >= 15 is 0 Å². The minimum Gasteiger partial charge on any atom is -0.481 e. The average molecular weight is 684 g/mol. The molecule has 0 radical (unpaired) electrons. The molecule has 5 rings (SSSR count). The summed E-state index contributed by atoms with van der Waals surface area (Å²) in [5.74, 6) is -0.792. The van der Waals surface area contributed by atoms with E-state index < -0.39 is 23.6 Å². The van der Waals surface area contributed by atoms with Crippen molar-refractivity contribution < 1.29 is 28.5 Å². The zero-order valence-electron chi connectivity index (χ0n) is 29.2. The van der Waals surface area contributed by atoms with Gasteiger partial charge in [0.05, 0.1) is 19.3 Å². The Kier molecular flexibility index (Phi) is 11.5. The van der Waals surface area contributed by atoms with Gasteiger partial charge in [0.15, 0.2) is 0 Å². The first-order valence-corrected chi connectivity index (χ1v) is 17.3. The fourth-order valence-electron chi connectivity index (χ4n) is 7.19. The van der Waals surface area contributed by atoms with E-state index in [4.69, 9.17) is 30.5 Å². The third-order valence-corrected chi connectivity index (χ3v) is 10.2. The molecule has 0 N–H and O–H groups in total. The number of nitrogens with zero attached hydrogens (tertiary/aromatic N) is 1. The molecular formula is C41H46ClNO6. The number of carbonyl (C=O) groups is 2. The van der Waals surface area contributed by atoms with Crippen LogP contribution in [0.15, 0.2) is 91.0 Å². The molecule has 1 unspecified atom stereocenters. The van der Waals surface area contributed by atoms with Gasteiger partial charge >= 0.3 is 11.9 Å². The van der Waals surface area contributed by atoms with E-state index in [9.17, 15) is 9.59 Å². The van der Waals surface area contributed by atoms with E-state index in [2.05, 4.69) is 37.9 Å². The van der Waals surface area contributed by atoms with Gasteiger partial charge in [0.25, 0.3) is 0 Å². The van der Waals surface area contributed by atoms with Crippen molar-refractivity contribution in [2.75, 3.05) is 14.2 Å². The molecular weight excluding hydrogens is 638 g/mol. The van der Waals surface area contributed by atoms with Gasteiger partial charge in [0.1, 0.15) is 11.3 Å². The third-order valence-electron chi connectivity index (χ3n) is 10.1. The van der Waals surface area contributed by atoms with Gasteiger partial charge in [-0.25, -0.2) is 14.6 Å². The van der Waals surface area contributed by atoms with Crippen LogP contribution in [0, 0.1) is 11.8 Å². The SMILES string of the molecule is CC[C@](OC(=O)c1ccc(-c2ccccc2)cc1)(C(=O)OC1C[C@H](C)CC[C@H]1C(C)(C)c1ccccc1)c1cc(Cl)nc(OC)c1COC. The van der Waals surface area contributed by atoms with Crippen LogP contribution in [0.4, 0.5) is 0 Å².